The zero-order valence-electron chi connectivity index (χ0n) is 13.1. The summed E-state index contributed by atoms with van der Waals surface area (Å²) in [5.74, 6) is -1.21. The molecule has 0 spiro atoms. The summed E-state index contributed by atoms with van der Waals surface area (Å²) < 4.78 is 2.64. The number of nitrogens with zero attached hydrogens (tertiary/aromatic N) is 2. The van der Waals surface area contributed by atoms with E-state index >= 15 is 0 Å². The Morgan fingerprint density at radius 2 is 1.96 bits per heavy atom. The highest BCUT2D eigenvalue weighted by Gasteiger charge is 2.16. The van der Waals surface area contributed by atoms with Crippen LogP contribution in [0.2, 0.25) is 5.02 Å². The van der Waals surface area contributed by atoms with Gasteiger partial charge in [-0.1, -0.05) is 23.7 Å². The van der Waals surface area contributed by atoms with Crippen molar-refractivity contribution in [2.45, 2.75) is 13.5 Å². The topological polar surface area (TPSA) is 80.8 Å². The third-order valence-electron chi connectivity index (χ3n) is 3.70. The van der Waals surface area contributed by atoms with Crippen molar-refractivity contribution >= 4 is 35.3 Å². The first-order valence-corrected chi connectivity index (χ1v) is 7.49. The SMILES string of the molecule is CC(=O)c1cn2ccn(Cc3cccc(Cl)c3)c(=O)c2c(O)c1=O.Cl. The second kappa shape index (κ2) is 7.13. The zero-order chi connectivity index (χ0) is 17.4. The molecule has 2 heterocycles. The summed E-state index contributed by atoms with van der Waals surface area (Å²) in [4.78, 5) is 36.1. The molecule has 6 nitrogen and oxygen atoms in total. The van der Waals surface area contributed by atoms with E-state index in [1.54, 1.807) is 18.2 Å². The number of carbonyl (C=O) groups excluding carboxylic acids is 1. The Balaban J connectivity index is 0.00000225. The number of aromatic hydroxyl groups is 1. The van der Waals surface area contributed by atoms with Crippen LogP contribution in [0.25, 0.3) is 5.52 Å². The third-order valence-corrected chi connectivity index (χ3v) is 3.94. The third kappa shape index (κ3) is 3.45. The molecule has 0 aliphatic rings. The minimum absolute atomic E-state index is 0. The van der Waals surface area contributed by atoms with Gasteiger partial charge in [0.2, 0.25) is 5.43 Å². The average molecular weight is 381 g/mol. The molecule has 0 aliphatic carbocycles. The fraction of sp³-hybridized carbons (Fsp3) is 0.118. The lowest BCUT2D eigenvalue weighted by molar-refractivity contribution is 0.101. The highest BCUT2D eigenvalue weighted by atomic mass is 35.5. The highest BCUT2D eigenvalue weighted by molar-refractivity contribution is 6.30. The summed E-state index contributed by atoms with van der Waals surface area (Å²) in [7, 11) is 0. The molecule has 0 atom stereocenters. The number of ketones is 1. The minimum atomic E-state index is -0.847. The van der Waals surface area contributed by atoms with Gasteiger partial charge >= 0.3 is 0 Å². The number of aromatic nitrogens is 2. The van der Waals surface area contributed by atoms with Crippen molar-refractivity contribution in [1.82, 2.24) is 8.97 Å². The van der Waals surface area contributed by atoms with Crippen LogP contribution < -0.4 is 11.0 Å². The Labute approximate surface area is 153 Å². The predicted octanol–water partition coefficient (Wildman–Crippen LogP) is 2.49. The average Bonchev–Trinajstić information content (AvgIpc) is 2.53. The predicted molar refractivity (Wildman–Crippen MR) is 97.4 cm³/mol. The van der Waals surface area contributed by atoms with Gasteiger partial charge in [0.25, 0.3) is 5.56 Å². The lowest BCUT2D eigenvalue weighted by Crippen LogP contribution is -2.25. The van der Waals surface area contributed by atoms with Gasteiger partial charge in [0.05, 0.1) is 12.1 Å². The van der Waals surface area contributed by atoms with E-state index in [0.717, 1.165) is 5.56 Å². The molecule has 2 aromatic heterocycles. The normalized spacial score (nSPS) is 10.5. The molecule has 130 valence electrons. The van der Waals surface area contributed by atoms with Crippen LogP contribution in [0.5, 0.6) is 5.75 Å². The number of benzene rings is 1. The highest BCUT2D eigenvalue weighted by Crippen LogP contribution is 2.14. The molecule has 0 amide bonds. The van der Waals surface area contributed by atoms with Gasteiger partial charge in [0, 0.05) is 23.6 Å². The van der Waals surface area contributed by atoms with E-state index in [4.69, 9.17) is 11.6 Å². The van der Waals surface area contributed by atoms with Crippen LogP contribution in [0.3, 0.4) is 0 Å². The summed E-state index contributed by atoms with van der Waals surface area (Å²) in [6.45, 7) is 1.46. The maximum atomic E-state index is 12.6. The first-order valence-electron chi connectivity index (χ1n) is 7.11. The van der Waals surface area contributed by atoms with E-state index in [-0.39, 0.29) is 30.0 Å². The fourth-order valence-electron chi connectivity index (χ4n) is 2.51. The second-order valence-corrected chi connectivity index (χ2v) is 5.83. The molecule has 0 saturated carbocycles. The quantitative estimate of drug-likeness (QED) is 0.707. The molecular formula is C17H14Cl2N2O4. The lowest BCUT2D eigenvalue weighted by atomic mass is 10.1. The van der Waals surface area contributed by atoms with E-state index < -0.39 is 22.5 Å². The molecule has 0 bridgehead atoms. The fourth-order valence-corrected chi connectivity index (χ4v) is 2.73. The molecule has 25 heavy (non-hydrogen) atoms. The number of hydrogen-bond acceptors (Lipinski definition) is 4. The van der Waals surface area contributed by atoms with Crippen molar-refractivity contribution < 1.29 is 9.90 Å². The Morgan fingerprint density at radius 1 is 1.24 bits per heavy atom. The van der Waals surface area contributed by atoms with Gasteiger partial charge in [-0.3, -0.25) is 14.4 Å². The molecule has 0 saturated heterocycles. The number of Topliss-reactive ketones (excluding diaryl/α,β-unsaturated/α-hetero) is 1. The standard InChI is InChI=1S/C17H13ClN2O4.ClH/c1-10(21)13-9-19-5-6-20(8-11-3-2-4-12(18)7-11)17(24)14(19)16(23)15(13)22;/h2-7,9,23H,8H2,1H3;1H. The maximum Gasteiger partial charge on any atom is 0.279 e. The van der Waals surface area contributed by atoms with Crippen LogP contribution in [0.4, 0.5) is 0 Å². The van der Waals surface area contributed by atoms with Crippen LogP contribution in [-0.4, -0.2) is 19.9 Å². The van der Waals surface area contributed by atoms with Gasteiger partial charge in [0.15, 0.2) is 17.0 Å². The summed E-state index contributed by atoms with van der Waals surface area (Å²) in [5, 5.41) is 10.6. The zero-order valence-corrected chi connectivity index (χ0v) is 14.7. The van der Waals surface area contributed by atoms with Crippen molar-refractivity contribution in [1.29, 1.82) is 0 Å². The Kier molecular flexibility index (Phi) is 5.35. The molecule has 0 radical (unpaired) electrons. The van der Waals surface area contributed by atoms with Crippen LogP contribution in [0, 0.1) is 0 Å². The minimum Gasteiger partial charge on any atom is -0.503 e. The van der Waals surface area contributed by atoms with E-state index in [1.807, 2.05) is 6.07 Å². The Hall–Kier alpha value is -2.57. The summed E-state index contributed by atoms with van der Waals surface area (Å²) in [5.41, 5.74) is -0.926. The number of rotatable bonds is 3. The van der Waals surface area contributed by atoms with Gasteiger partial charge in [0.1, 0.15) is 0 Å². The number of pyridine rings is 1. The molecule has 8 heteroatoms. The summed E-state index contributed by atoms with van der Waals surface area (Å²) in [6.07, 6.45) is 4.28. The smallest absolute Gasteiger partial charge is 0.279 e. The first-order chi connectivity index (χ1) is 11.4. The summed E-state index contributed by atoms with van der Waals surface area (Å²) in [6, 6.07) is 7.03. The van der Waals surface area contributed by atoms with E-state index in [1.165, 1.54) is 34.5 Å². The van der Waals surface area contributed by atoms with E-state index in [0.29, 0.717) is 5.02 Å². The van der Waals surface area contributed by atoms with E-state index in [2.05, 4.69) is 0 Å². The van der Waals surface area contributed by atoms with Crippen LogP contribution in [0.15, 0.2) is 52.4 Å². The second-order valence-electron chi connectivity index (χ2n) is 5.39. The molecule has 3 rings (SSSR count). The number of hydrogen-bond donors (Lipinski definition) is 1. The van der Waals surface area contributed by atoms with Crippen molar-refractivity contribution in [3.8, 4) is 5.75 Å². The lowest BCUT2D eigenvalue weighted by Gasteiger charge is -2.10. The molecule has 1 aromatic carbocycles. The Bertz CT molecular complexity index is 1090. The molecule has 3 aromatic rings. The number of halogens is 2. The monoisotopic (exact) mass is 380 g/mol. The van der Waals surface area contributed by atoms with Gasteiger partial charge < -0.3 is 14.1 Å². The van der Waals surface area contributed by atoms with Crippen LogP contribution in [-0.2, 0) is 6.54 Å². The van der Waals surface area contributed by atoms with Crippen LogP contribution in [0.1, 0.15) is 22.8 Å². The summed E-state index contributed by atoms with van der Waals surface area (Å²) >= 11 is 5.93. The molecule has 0 aliphatic heterocycles. The number of fused-ring (bicyclic) bond motifs is 1. The van der Waals surface area contributed by atoms with Gasteiger partial charge in [-0.15, -0.1) is 12.4 Å². The van der Waals surface area contributed by atoms with E-state index in [9.17, 15) is 19.5 Å². The van der Waals surface area contributed by atoms with Crippen molar-refractivity contribution in [3.63, 3.8) is 0 Å². The van der Waals surface area contributed by atoms with Crippen LogP contribution >= 0.6 is 24.0 Å². The molecular weight excluding hydrogens is 367 g/mol. The van der Waals surface area contributed by atoms with Gasteiger partial charge in [-0.25, -0.2) is 0 Å². The van der Waals surface area contributed by atoms with Crippen molar-refractivity contribution in [2.75, 3.05) is 0 Å². The van der Waals surface area contributed by atoms with Gasteiger partial charge in [-0.2, -0.15) is 0 Å². The number of carbonyl (C=O) groups is 1. The van der Waals surface area contributed by atoms with Crippen molar-refractivity contribution in [3.05, 3.63) is 79.6 Å². The molecule has 1 N–H and O–H groups in total. The first kappa shape index (κ1) is 18.8. The molecule has 0 fully saturated rings. The maximum absolute atomic E-state index is 12.6. The van der Waals surface area contributed by atoms with Gasteiger partial charge in [-0.05, 0) is 24.6 Å². The molecule has 0 unspecified atom stereocenters. The van der Waals surface area contributed by atoms with Crippen molar-refractivity contribution in [2.24, 2.45) is 0 Å². The largest absolute Gasteiger partial charge is 0.503 e. The Morgan fingerprint density at radius 3 is 2.60 bits per heavy atom.